The van der Waals surface area contributed by atoms with Crippen molar-refractivity contribution in [2.75, 3.05) is 33.3 Å². The summed E-state index contributed by atoms with van der Waals surface area (Å²) in [4.78, 5) is 18.2. The van der Waals surface area contributed by atoms with Crippen molar-refractivity contribution in [3.05, 3.63) is 59.7 Å². The van der Waals surface area contributed by atoms with Gasteiger partial charge in [-0.15, -0.1) is 11.8 Å². The van der Waals surface area contributed by atoms with Gasteiger partial charge < -0.3 is 9.64 Å². The zero-order chi connectivity index (χ0) is 19.9. The Kier molecular flexibility index (Phi) is 6.96. The first-order chi connectivity index (χ1) is 13.6. The van der Waals surface area contributed by atoms with Crippen LogP contribution in [0.1, 0.15) is 18.1 Å². The number of hydrogen-bond donors (Lipinski definition) is 0. The Morgan fingerprint density at radius 1 is 1.11 bits per heavy atom. The molecule has 1 aliphatic heterocycles. The maximum atomic E-state index is 12.8. The first kappa shape index (κ1) is 20.2. The number of piperazine rings is 1. The van der Waals surface area contributed by atoms with Crippen LogP contribution in [0.15, 0.2) is 53.4 Å². The third kappa shape index (κ3) is 5.28. The fourth-order valence-electron chi connectivity index (χ4n) is 3.24. The standard InChI is InChI=1S/C22H25N3O2S/c1-17(28-21-9-7-20(27-2)8-10-21)22(26)25-13-11-24(12-14-25)16-19-5-3-18(15-23)4-6-19/h3-10,17H,11-14,16H2,1-2H3. The van der Waals surface area contributed by atoms with Gasteiger partial charge in [0, 0.05) is 37.6 Å². The summed E-state index contributed by atoms with van der Waals surface area (Å²) >= 11 is 1.58. The predicted octanol–water partition coefficient (Wildman–Crippen LogP) is 3.39. The highest BCUT2D eigenvalue weighted by atomic mass is 32.2. The highest BCUT2D eigenvalue weighted by molar-refractivity contribution is 8.00. The van der Waals surface area contributed by atoms with Crippen LogP contribution in [0.2, 0.25) is 0 Å². The average molecular weight is 396 g/mol. The quantitative estimate of drug-likeness (QED) is 0.702. The molecule has 1 atom stereocenters. The Morgan fingerprint density at radius 3 is 2.32 bits per heavy atom. The van der Waals surface area contributed by atoms with Crippen molar-refractivity contribution in [2.45, 2.75) is 23.6 Å². The summed E-state index contributed by atoms with van der Waals surface area (Å²) in [5, 5.41) is 8.77. The predicted molar refractivity (Wildman–Crippen MR) is 111 cm³/mol. The topological polar surface area (TPSA) is 56.6 Å². The maximum Gasteiger partial charge on any atom is 0.235 e. The molecule has 0 saturated carbocycles. The number of nitrogens with zero attached hydrogens (tertiary/aromatic N) is 3. The molecule has 1 aliphatic rings. The second kappa shape index (κ2) is 9.63. The highest BCUT2D eigenvalue weighted by Gasteiger charge is 2.25. The second-order valence-electron chi connectivity index (χ2n) is 6.85. The van der Waals surface area contributed by atoms with Gasteiger partial charge in [0.1, 0.15) is 5.75 Å². The van der Waals surface area contributed by atoms with Gasteiger partial charge in [-0.05, 0) is 48.9 Å². The van der Waals surface area contributed by atoms with Crippen molar-refractivity contribution in [2.24, 2.45) is 0 Å². The summed E-state index contributed by atoms with van der Waals surface area (Å²) in [6, 6.07) is 17.7. The molecule has 2 aromatic rings. The van der Waals surface area contributed by atoms with Gasteiger partial charge in [-0.1, -0.05) is 12.1 Å². The summed E-state index contributed by atoms with van der Waals surface area (Å²) < 4.78 is 5.18. The van der Waals surface area contributed by atoms with E-state index in [1.807, 2.05) is 60.4 Å². The van der Waals surface area contributed by atoms with E-state index in [-0.39, 0.29) is 11.2 Å². The lowest BCUT2D eigenvalue weighted by atomic mass is 10.1. The van der Waals surface area contributed by atoms with E-state index in [9.17, 15) is 4.79 Å². The number of rotatable bonds is 6. The molecule has 6 heteroatoms. The number of methoxy groups -OCH3 is 1. The molecular formula is C22H25N3O2S. The lowest BCUT2D eigenvalue weighted by Gasteiger charge is -2.36. The fourth-order valence-corrected chi connectivity index (χ4v) is 4.19. The molecule has 0 N–H and O–H groups in total. The van der Waals surface area contributed by atoms with E-state index in [4.69, 9.17) is 10.00 Å². The molecule has 2 aromatic carbocycles. The summed E-state index contributed by atoms with van der Waals surface area (Å²) in [7, 11) is 1.65. The maximum absolute atomic E-state index is 12.8. The lowest BCUT2D eigenvalue weighted by Crippen LogP contribution is -2.50. The zero-order valence-corrected chi connectivity index (χ0v) is 17.1. The van der Waals surface area contributed by atoms with Crippen LogP contribution < -0.4 is 4.74 Å². The van der Waals surface area contributed by atoms with E-state index in [1.165, 1.54) is 5.56 Å². The molecular weight excluding hydrogens is 370 g/mol. The monoisotopic (exact) mass is 395 g/mol. The first-order valence-electron chi connectivity index (χ1n) is 9.40. The Bertz CT molecular complexity index is 822. The number of ether oxygens (including phenoxy) is 1. The van der Waals surface area contributed by atoms with Crippen LogP contribution in [0.25, 0.3) is 0 Å². The average Bonchev–Trinajstić information content (AvgIpc) is 2.75. The van der Waals surface area contributed by atoms with E-state index in [0.29, 0.717) is 5.56 Å². The Hall–Kier alpha value is -2.49. The highest BCUT2D eigenvalue weighted by Crippen LogP contribution is 2.26. The molecule has 0 bridgehead atoms. The van der Waals surface area contributed by atoms with Gasteiger partial charge in [0.2, 0.25) is 5.91 Å². The molecule has 5 nitrogen and oxygen atoms in total. The Labute approximate surface area is 170 Å². The zero-order valence-electron chi connectivity index (χ0n) is 16.3. The third-order valence-electron chi connectivity index (χ3n) is 4.89. The van der Waals surface area contributed by atoms with Crippen LogP contribution in [0, 0.1) is 11.3 Å². The number of benzene rings is 2. The molecule has 0 radical (unpaired) electrons. The van der Waals surface area contributed by atoms with Gasteiger partial charge in [-0.2, -0.15) is 5.26 Å². The van der Waals surface area contributed by atoms with E-state index < -0.39 is 0 Å². The molecule has 146 valence electrons. The molecule has 1 unspecified atom stereocenters. The number of hydrogen-bond acceptors (Lipinski definition) is 5. The van der Waals surface area contributed by atoms with Gasteiger partial charge >= 0.3 is 0 Å². The van der Waals surface area contributed by atoms with Crippen molar-refractivity contribution in [1.82, 2.24) is 9.80 Å². The van der Waals surface area contributed by atoms with Gasteiger partial charge in [0.25, 0.3) is 0 Å². The van der Waals surface area contributed by atoms with Crippen LogP contribution in [-0.2, 0) is 11.3 Å². The van der Waals surface area contributed by atoms with Crippen molar-refractivity contribution in [1.29, 1.82) is 5.26 Å². The van der Waals surface area contributed by atoms with Crippen molar-refractivity contribution in [3.8, 4) is 11.8 Å². The number of carbonyl (C=O) groups is 1. The van der Waals surface area contributed by atoms with Gasteiger partial charge in [-0.3, -0.25) is 9.69 Å². The third-order valence-corrected chi connectivity index (χ3v) is 5.99. The Morgan fingerprint density at radius 2 is 1.75 bits per heavy atom. The number of thioether (sulfide) groups is 1. The van der Waals surface area contributed by atoms with Gasteiger partial charge in [0.05, 0.1) is 24.0 Å². The van der Waals surface area contributed by atoms with Gasteiger partial charge in [-0.25, -0.2) is 0 Å². The number of nitriles is 1. The molecule has 1 heterocycles. The number of carbonyl (C=O) groups excluding carboxylic acids is 1. The smallest absolute Gasteiger partial charge is 0.235 e. The molecule has 1 amide bonds. The van der Waals surface area contributed by atoms with Crippen LogP contribution in [0.3, 0.4) is 0 Å². The minimum Gasteiger partial charge on any atom is -0.497 e. The van der Waals surface area contributed by atoms with Crippen LogP contribution in [0.5, 0.6) is 5.75 Å². The fraction of sp³-hybridized carbons (Fsp3) is 0.364. The Balaban J connectivity index is 1.47. The van der Waals surface area contributed by atoms with Gasteiger partial charge in [0.15, 0.2) is 0 Å². The van der Waals surface area contributed by atoms with E-state index in [1.54, 1.807) is 18.9 Å². The minimum atomic E-state index is -0.113. The summed E-state index contributed by atoms with van der Waals surface area (Å²) in [5.74, 6) is 1.01. The SMILES string of the molecule is COc1ccc(SC(C)C(=O)N2CCN(Cc3ccc(C#N)cc3)CC2)cc1. The summed E-state index contributed by atoms with van der Waals surface area (Å²) in [5.41, 5.74) is 1.88. The van der Waals surface area contributed by atoms with E-state index in [2.05, 4.69) is 11.0 Å². The molecule has 1 saturated heterocycles. The van der Waals surface area contributed by atoms with Crippen LogP contribution >= 0.6 is 11.8 Å². The van der Waals surface area contributed by atoms with Crippen LogP contribution in [0.4, 0.5) is 0 Å². The first-order valence-corrected chi connectivity index (χ1v) is 10.3. The second-order valence-corrected chi connectivity index (χ2v) is 8.26. The van der Waals surface area contributed by atoms with E-state index >= 15 is 0 Å². The molecule has 1 fully saturated rings. The van der Waals surface area contributed by atoms with Crippen molar-refractivity contribution in [3.63, 3.8) is 0 Å². The summed E-state index contributed by atoms with van der Waals surface area (Å²) in [6.07, 6.45) is 0. The number of amides is 1. The molecule has 28 heavy (non-hydrogen) atoms. The van der Waals surface area contributed by atoms with Crippen LogP contribution in [-0.4, -0.2) is 54.2 Å². The molecule has 0 spiro atoms. The minimum absolute atomic E-state index is 0.113. The van der Waals surface area contributed by atoms with E-state index in [0.717, 1.165) is 43.4 Å². The van der Waals surface area contributed by atoms with Crippen molar-refractivity contribution < 1.29 is 9.53 Å². The molecule has 3 rings (SSSR count). The molecule has 0 aliphatic carbocycles. The lowest BCUT2D eigenvalue weighted by molar-refractivity contribution is -0.132. The normalized spacial score (nSPS) is 15.7. The molecule has 0 aromatic heterocycles. The largest absolute Gasteiger partial charge is 0.497 e. The van der Waals surface area contributed by atoms with Crippen molar-refractivity contribution >= 4 is 17.7 Å². The summed E-state index contributed by atoms with van der Waals surface area (Å²) in [6.45, 7) is 6.06.